The number of alkyl halides is 6. The molecule has 22 heavy (non-hydrogen) atoms. The van der Waals surface area contributed by atoms with Gasteiger partial charge in [-0.3, -0.25) is 4.79 Å². The minimum atomic E-state index is -5.65. The Hall–Kier alpha value is -0.950. The largest absolute Gasteiger partial charge is 0.481 e. The maximum Gasteiger partial charge on any atom is 0.425 e. The second-order valence-electron chi connectivity index (χ2n) is 7.35. The van der Waals surface area contributed by atoms with Gasteiger partial charge in [-0.2, -0.15) is 13.2 Å². The Bertz CT molecular complexity index is 486. The second kappa shape index (κ2) is 4.32. The van der Waals surface area contributed by atoms with Crippen LogP contribution in [0.2, 0.25) is 0 Å². The Morgan fingerprint density at radius 2 is 1.55 bits per heavy atom. The van der Waals surface area contributed by atoms with E-state index in [0.717, 1.165) is 0 Å². The molecule has 1 N–H and O–H groups in total. The van der Waals surface area contributed by atoms with E-state index in [-0.39, 0.29) is 37.5 Å². The smallest absolute Gasteiger partial charge is 0.425 e. The van der Waals surface area contributed by atoms with Gasteiger partial charge in [-0.1, -0.05) is 0 Å². The molecule has 0 saturated heterocycles. The lowest BCUT2D eigenvalue weighted by atomic mass is 9.42. The van der Waals surface area contributed by atoms with Crippen LogP contribution in [-0.2, 0) is 4.79 Å². The van der Waals surface area contributed by atoms with Crippen molar-refractivity contribution >= 4 is 5.97 Å². The minimum Gasteiger partial charge on any atom is -0.481 e. The van der Waals surface area contributed by atoms with Crippen LogP contribution in [-0.4, -0.2) is 29.3 Å². The van der Waals surface area contributed by atoms with E-state index in [1.807, 2.05) is 0 Å². The molecular formula is C14H16F6O2. The van der Waals surface area contributed by atoms with E-state index in [1.54, 1.807) is 0 Å². The van der Waals surface area contributed by atoms with Crippen LogP contribution in [0.5, 0.6) is 0 Å². The minimum absolute atomic E-state index is 0.208. The molecule has 0 radical (unpaired) electrons. The molecule has 2 nitrogen and oxygen atoms in total. The van der Waals surface area contributed by atoms with Gasteiger partial charge in [0.05, 0.1) is 5.41 Å². The molecule has 0 aromatic heterocycles. The van der Waals surface area contributed by atoms with E-state index in [2.05, 4.69) is 0 Å². The lowest BCUT2D eigenvalue weighted by molar-refractivity contribution is -0.306. The van der Waals surface area contributed by atoms with Gasteiger partial charge in [0.2, 0.25) is 0 Å². The number of hydrogen-bond donors (Lipinski definition) is 1. The molecule has 4 fully saturated rings. The van der Waals surface area contributed by atoms with Crippen molar-refractivity contribution in [3.8, 4) is 0 Å². The normalized spacial score (nSPS) is 42.5. The van der Waals surface area contributed by atoms with E-state index in [4.69, 9.17) is 0 Å². The predicted molar refractivity (Wildman–Crippen MR) is 63.1 cm³/mol. The molecule has 0 unspecified atom stereocenters. The Morgan fingerprint density at radius 1 is 1.05 bits per heavy atom. The fourth-order valence-corrected chi connectivity index (χ4v) is 5.38. The van der Waals surface area contributed by atoms with Gasteiger partial charge in [-0.15, -0.1) is 0 Å². The summed E-state index contributed by atoms with van der Waals surface area (Å²) in [5, 5.41) is 9.40. The molecule has 0 aliphatic heterocycles. The van der Waals surface area contributed by atoms with E-state index >= 15 is 0 Å². The highest BCUT2D eigenvalue weighted by molar-refractivity contribution is 5.75. The quantitative estimate of drug-likeness (QED) is 0.788. The van der Waals surface area contributed by atoms with Gasteiger partial charge < -0.3 is 5.11 Å². The molecule has 0 spiro atoms. The van der Waals surface area contributed by atoms with Crippen molar-refractivity contribution < 1.29 is 36.2 Å². The lowest BCUT2D eigenvalue weighted by Crippen LogP contribution is -2.64. The highest BCUT2D eigenvalue weighted by atomic mass is 19.4. The zero-order valence-corrected chi connectivity index (χ0v) is 11.6. The summed E-state index contributed by atoms with van der Waals surface area (Å²) in [6.07, 6.45) is -9.93. The van der Waals surface area contributed by atoms with Crippen LogP contribution in [0.3, 0.4) is 0 Å². The maximum absolute atomic E-state index is 14.4. The molecule has 0 aromatic rings. The zero-order chi connectivity index (χ0) is 16.6. The van der Waals surface area contributed by atoms with Crippen LogP contribution in [0, 0.1) is 22.7 Å². The van der Waals surface area contributed by atoms with Crippen molar-refractivity contribution in [2.75, 3.05) is 0 Å². The number of halogens is 6. The molecule has 0 heterocycles. The first-order valence-electron chi connectivity index (χ1n) is 7.24. The Kier molecular flexibility index (Phi) is 3.13. The van der Waals surface area contributed by atoms with Gasteiger partial charge in [0.25, 0.3) is 12.1 Å². The zero-order valence-electron chi connectivity index (χ0n) is 11.6. The third-order valence-corrected chi connectivity index (χ3v) is 5.83. The molecule has 3 atom stereocenters. The van der Waals surface area contributed by atoms with E-state index in [1.165, 1.54) is 0 Å². The van der Waals surface area contributed by atoms with Crippen molar-refractivity contribution in [1.29, 1.82) is 0 Å². The number of rotatable bonds is 3. The average Bonchev–Trinajstić information content (AvgIpc) is 2.34. The number of aliphatic carboxylic acids is 1. The van der Waals surface area contributed by atoms with Crippen molar-refractivity contribution in [3.05, 3.63) is 0 Å². The van der Waals surface area contributed by atoms with E-state index < -0.39 is 41.5 Å². The van der Waals surface area contributed by atoms with Gasteiger partial charge in [-0.05, 0) is 50.4 Å². The topological polar surface area (TPSA) is 37.3 Å². The molecule has 0 aromatic carbocycles. The summed E-state index contributed by atoms with van der Waals surface area (Å²) in [7, 11) is 0. The first kappa shape index (κ1) is 15.9. The number of carbonyl (C=O) groups is 1. The average molecular weight is 330 g/mol. The molecule has 4 aliphatic carbocycles. The molecule has 0 amide bonds. The van der Waals surface area contributed by atoms with Gasteiger partial charge in [-0.25, -0.2) is 13.2 Å². The van der Waals surface area contributed by atoms with Crippen LogP contribution >= 0.6 is 0 Å². The predicted octanol–water partition coefficient (Wildman–Crippen LogP) is 4.19. The Morgan fingerprint density at radius 3 is 1.95 bits per heavy atom. The number of hydrogen-bond acceptors (Lipinski definition) is 1. The standard InChI is InChI=1S/C14H16F6O2/c15-9(14(18,19)20)13(16,17)12-4-7-1-8(5-12)3-11(2-7,6-12)10(21)22/h7-9H,1-6H2,(H,21,22)/t7-,8-,9+,11?,12?/m1/s1. The first-order valence-corrected chi connectivity index (χ1v) is 7.24. The molecule has 4 rings (SSSR count). The summed E-state index contributed by atoms with van der Waals surface area (Å²) < 4.78 is 79.8. The van der Waals surface area contributed by atoms with Crippen LogP contribution < -0.4 is 0 Å². The third kappa shape index (κ3) is 1.98. The summed E-state index contributed by atoms with van der Waals surface area (Å²) in [5.41, 5.74) is -3.61. The van der Waals surface area contributed by atoms with Crippen molar-refractivity contribution in [2.24, 2.45) is 22.7 Å². The summed E-state index contributed by atoms with van der Waals surface area (Å²) in [6, 6.07) is 0. The molecule has 4 aliphatic rings. The summed E-state index contributed by atoms with van der Waals surface area (Å²) in [6.45, 7) is 0. The highest BCUT2D eigenvalue weighted by Gasteiger charge is 2.73. The summed E-state index contributed by atoms with van der Waals surface area (Å²) in [4.78, 5) is 11.5. The monoisotopic (exact) mass is 330 g/mol. The van der Waals surface area contributed by atoms with Crippen LogP contribution in [0.4, 0.5) is 26.3 Å². The van der Waals surface area contributed by atoms with Crippen LogP contribution in [0.25, 0.3) is 0 Å². The van der Waals surface area contributed by atoms with Gasteiger partial charge in [0.15, 0.2) is 0 Å². The van der Waals surface area contributed by atoms with Crippen molar-refractivity contribution in [3.63, 3.8) is 0 Å². The van der Waals surface area contributed by atoms with Gasteiger partial charge in [0, 0.05) is 5.41 Å². The van der Waals surface area contributed by atoms with Gasteiger partial charge in [0.1, 0.15) is 0 Å². The first-order chi connectivity index (χ1) is 9.92. The summed E-state index contributed by atoms with van der Waals surface area (Å²) in [5.74, 6) is -6.56. The molecular weight excluding hydrogens is 314 g/mol. The Balaban J connectivity index is 2.01. The molecule has 4 saturated carbocycles. The fourth-order valence-electron chi connectivity index (χ4n) is 5.38. The summed E-state index contributed by atoms with van der Waals surface area (Å²) >= 11 is 0. The van der Waals surface area contributed by atoms with Crippen LogP contribution in [0.15, 0.2) is 0 Å². The third-order valence-electron chi connectivity index (χ3n) is 5.83. The lowest BCUT2D eigenvalue weighted by Gasteiger charge is -2.62. The van der Waals surface area contributed by atoms with Crippen molar-refractivity contribution in [2.45, 2.75) is 56.8 Å². The van der Waals surface area contributed by atoms with Crippen molar-refractivity contribution in [1.82, 2.24) is 0 Å². The fraction of sp³-hybridized carbons (Fsp3) is 0.929. The SMILES string of the molecule is O=C(O)C12C[C@H]3C[C@H](C1)CC(C(F)(F)[C@H](F)C(F)(F)F)(C3)C2. The molecule has 4 bridgehead atoms. The molecule has 126 valence electrons. The maximum atomic E-state index is 14.4. The number of carboxylic acid groups (broad SMARTS) is 1. The Labute approximate surface area is 122 Å². The van der Waals surface area contributed by atoms with E-state index in [9.17, 15) is 36.2 Å². The highest BCUT2D eigenvalue weighted by Crippen LogP contribution is 2.70. The van der Waals surface area contributed by atoms with Crippen LogP contribution in [0.1, 0.15) is 38.5 Å². The second-order valence-corrected chi connectivity index (χ2v) is 7.35. The number of carboxylic acids is 1. The molecule has 8 heteroatoms. The van der Waals surface area contributed by atoms with E-state index in [0.29, 0.717) is 6.42 Å². The van der Waals surface area contributed by atoms with Gasteiger partial charge >= 0.3 is 12.1 Å².